The van der Waals surface area contributed by atoms with E-state index in [1.165, 1.54) is 12.1 Å². The van der Waals surface area contributed by atoms with E-state index in [2.05, 4.69) is 0 Å². The third-order valence-corrected chi connectivity index (χ3v) is 2.43. The largest absolute Gasteiger partial charge is 0.493 e. The molecule has 0 aliphatic carbocycles. The van der Waals surface area contributed by atoms with Crippen molar-refractivity contribution < 1.29 is 9.13 Å². The zero-order chi connectivity index (χ0) is 12.0. The Hall–Kier alpha value is -1.09. The summed E-state index contributed by atoms with van der Waals surface area (Å²) < 4.78 is 18.7. The van der Waals surface area contributed by atoms with Gasteiger partial charge >= 0.3 is 0 Å². The number of rotatable bonds is 6. The predicted octanol–water partition coefficient (Wildman–Crippen LogP) is 2.89. The number of hydrogen-bond donors (Lipinski definition) is 1. The van der Waals surface area contributed by atoms with Gasteiger partial charge in [-0.25, -0.2) is 4.39 Å². The first kappa shape index (κ1) is 13.0. The Balaban J connectivity index is 2.73. The molecule has 2 nitrogen and oxygen atoms in total. The number of halogens is 1. The molecule has 0 spiro atoms. The van der Waals surface area contributed by atoms with Gasteiger partial charge in [-0.1, -0.05) is 13.8 Å². The summed E-state index contributed by atoms with van der Waals surface area (Å²) in [5, 5.41) is 0. The molecule has 2 N–H and O–H groups in total. The van der Waals surface area contributed by atoms with Crippen molar-refractivity contribution in [1.29, 1.82) is 0 Å². The number of benzene rings is 1. The lowest BCUT2D eigenvalue weighted by Crippen LogP contribution is -2.21. The minimum absolute atomic E-state index is 0.0841. The summed E-state index contributed by atoms with van der Waals surface area (Å²) in [6.45, 7) is 4.66. The number of hydrogen-bond acceptors (Lipinski definition) is 2. The molecule has 1 rings (SSSR count). The van der Waals surface area contributed by atoms with Crippen molar-refractivity contribution in [3.8, 4) is 5.75 Å². The fourth-order valence-corrected chi connectivity index (χ4v) is 1.49. The molecule has 0 fully saturated rings. The van der Waals surface area contributed by atoms with E-state index in [0.29, 0.717) is 18.8 Å². The summed E-state index contributed by atoms with van der Waals surface area (Å²) >= 11 is 0. The highest BCUT2D eigenvalue weighted by Crippen LogP contribution is 2.18. The van der Waals surface area contributed by atoms with Crippen LogP contribution in [0.15, 0.2) is 18.2 Å². The minimum Gasteiger partial charge on any atom is -0.493 e. The van der Waals surface area contributed by atoms with E-state index in [1.807, 2.05) is 19.9 Å². The van der Waals surface area contributed by atoms with E-state index in [9.17, 15) is 4.39 Å². The van der Waals surface area contributed by atoms with Crippen molar-refractivity contribution in [2.24, 2.45) is 5.73 Å². The Bertz CT molecular complexity index is 328. The van der Waals surface area contributed by atoms with Crippen LogP contribution in [0.4, 0.5) is 4.39 Å². The van der Waals surface area contributed by atoms with E-state index >= 15 is 0 Å². The van der Waals surface area contributed by atoms with Crippen molar-refractivity contribution in [3.63, 3.8) is 0 Å². The van der Waals surface area contributed by atoms with Crippen molar-refractivity contribution in [2.45, 2.75) is 39.2 Å². The summed E-state index contributed by atoms with van der Waals surface area (Å²) in [7, 11) is 0. The molecule has 0 saturated heterocycles. The quantitative estimate of drug-likeness (QED) is 0.808. The highest BCUT2D eigenvalue weighted by molar-refractivity contribution is 5.30. The number of ether oxygens (including phenoxy) is 1. The van der Waals surface area contributed by atoms with Crippen LogP contribution in [0, 0.1) is 5.82 Å². The topological polar surface area (TPSA) is 35.2 Å². The van der Waals surface area contributed by atoms with E-state index in [0.717, 1.165) is 18.4 Å². The van der Waals surface area contributed by atoms with Crippen molar-refractivity contribution in [3.05, 3.63) is 29.6 Å². The molecule has 3 heteroatoms. The maximum atomic E-state index is 13.3. The summed E-state index contributed by atoms with van der Waals surface area (Å²) in [5.41, 5.74) is 6.75. The van der Waals surface area contributed by atoms with Crippen LogP contribution in [-0.2, 0) is 6.42 Å². The minimum atomic E-state index is -0.257. The molecule has 16 heavy (non-hydrogen) atoms. The zero-order valence-electron chi connectivity index (χ0n) is 10.0. The van der Waals surface area contributed by atoms with Crippen molar-refractivity contribution in [2.75, 3.05) is 6.61 Å². The second-order valence-corrected chi connectivity index (χ2v) is 4.02. The summed E-state index contributed by atoms with van der Waals surface area (Å²) in [6, 6.07) is 4.89. The van der Waals surface area contributed by atoms with E-state index < -0.39 is 0 Å². The standard InChI is InChI=1S/C13H20FNO/c1-3-5-16-13-8-10(6-11(14)9-13)7-12(15)4-2/h6,8-9,12H,3-5,7,15H2,1-2H3. The Morgan fingerprint density at radius 2 is 2.06 bits per heavy atom. The molecule has 0 aliphatic heterocycles. The zero-order valence-corrected chi connectivity index (χ0v) is 10.0. The van der Waals surface area contributed by atoms with Gasteiger partial charge in [0.05, 0.1) is 6.61 Å². The first-order valence-electron chi connectivity index (χ1n) is 5.83. The molecule has 1 unspecified atom stereocenters. The molecule has 0 bridgehead atoms. The van der Waals surface area contributed by atoms with Crippen LogP contribution in [0.25, 0.3) is 0 Å². The lowest BCUT2D eigenvalue weighted by Gasteiger charge is -2.11. The molecule has 0 saturated carbocycles. The lowest BCUT2D eigenvalue weighted by atomic mass is 10.0. The summed E-state index contributed by atoms with van der Waals surface area (Å²) in [6.07, 6.45) is 2.50. The molecular formula is C13H20FNO. The molecule has 0 heterocycles. The SMILES string of the molecule is CCCOc1cc(F)cc(CC(N)CC)c1. The highest BCUT2D eigenvalue weighted by Gasteiger charge is 2.05. The van der Waals surface area contributed by atoms with Crippen LogP contribution in [0.5, 0.6) is 5.75 Å². The molecule has 1 aromatic rings. The van der Waals surface area contributed by atoms with Crippen LogP contribution in [-0.4, -0.2) is 12.6 Å². The third kappa shape index (κ3) is 4.19. The van der Waals surface area contributed by atoms with E-state index in [4.69, 9.17) is 10.5 Å². The molecule has 1 atom stereocenters. The van der Waals surface area contributed by atoms with Gasteiger partial charge in [-0.3, -0.25) is 0 Å². The van der Waals surface area contributed by atoms with Gasteiger partial charge in [-0.2, -0.15) is 0 Å². The van der Waals surface area contributed by atoms with Gasteiger partial charge in [0.2, 0.25) is 0 Å². The smallest absolute Gasteiger partial charge is 0.127 e. The van der Waals surface area contributed by atoms with Gasteiger partial charge < -0.3 is 10.5 Å². The second-order valence-electron chi connectivity index (χ2n) is 4.02. The van der Waals surface area contributed by atoms with E-state index in [-0.39, 0.29) is 11.9 Å². The average Bonchev–Trinajstić information content (AvgIpc) is 2.25. The summed E-state index contributed by atoms with van der Waals surface area (Å²) in [4.78, 5) is 0. The van der Waals surface area contributed by atoms with Crippen molar-refractivity contribution in [1.82, 2.24) is 0 Å². The highest BCUT2D eigenvalue weighted by atomic mass is 19.1. The lowest BCUT2D eigenvalue weighted by molar-refractivity contribution is 0.315. The average molecular weight is 225 g/mol. The molecule has 0 radical (unpaired) electrons. The first-order chi connectivity index (χ1) is 7.65. The van der Waals surface area contributed by atoms with Crippen LogP contribution < -0.4 is 10.5 Å². The maximum Gasteiger partial charge on any atom is 0.127 e. The van der Waals surface area contributed by atoms with Crippen molar-refractivity contribution >= 4 is 0 Å². The normalized spacial score (nSPS) is 12.5. The Morgan fingerprint density at radius 3 is 2.69 bits per heavy atom. The Labute approximate surface area is 96.6 Å². The summed E-state index contributed by atoms with van der Waals surface area (Å²) in [5.74, 6) is 0.340. The van der Waals surface area contributed by atoms with Gasteiger partial charge in [0.15, 0.2) is 0 Å². The first-order valence-corrected chi connectivity index (χ1v) is 5.83. The molecule has 90 valence electrons. The number of nitrogens with two attached hydrogens (primary N) is 1. The van der Waals surface area contributed by atoms with Gasteiger partial charge in [0.25, 0.3) is 0 Å². The van der Waals surface area contributed by atoms with Gasteiger partial charge in [-0.05, 0) is 37.0 Å². The van der Waals surface area contributed by atoms with Crippen LogP contribution in [0.3, 0.4) is 0 Å². The fourth-order valence-electron chi connectivity index (χ4n) is 1.49. The maximum absolute atomic E-state index is 13.3. The Kier molecular flexibility index (Phi) is 5.26. The fraction of sp³-hybridized carbons (Fsp3) is 0.538. The predicted molar refractivity (Wildman–Crippen MR) is 64.2 cm³/mol. The molecule has 1 aromatic carbocycles. The monoisotopic (exact) mass is 225 g/mol. The van der Waals surface area contributed by atoms with Crippen LogP contribution >= 0.6 is 0 Å². The van der Waals surface area contributed by atoms with Crippen LogP contribution in [0.1, 0.15) is 32.3 Å². The molecular weight excluding hydrogens is 205 g/mol. The van der Waals surface area contributed by atoms with E-state index in [1.54, 1.807) is 0 Å². The van der Waals surface area contributed by atoms with Gasteiger partial charge in [0, 0.05) is 12.1 Å². The molecule has 0 aliphatic rings. The molecule has 0 aromatic heterocycles. The third-order valence-electron chi connectivity index (χ3n) is 2.43. The van der Waals surface area contributed by atoms with Crippen LogP contribution in [0.2, 0.25) is 0 Å². The van der Waals surface area contributed by atoms with Gasteiger partial charge in [-0.15, -0.1) is 0 Å². The Morgan fingerprint density at radius 1 is 1.31 bits per heavy atom. The molecule has 0 amide bonds. The van der Waals surface area contributed by atoms with Gasteiger partial charge in [0.1, 0.15) is 11.6 Å². The second kappa shape index (κ2) is 6.48.